The van der Waals surface area contributed by atoms with Gasteiger partial charge in [0.1, 0.15) is 5.82 Å². The number of nitrogen functional groups attached to an aromatic ring is 1. The number of fused-ring (bicyclic) bond motifs is 1. The first-order valence-electron chi connectivity index (χ1n) is 5.20. The molecule has 4 heteroatoms. The molecule has 0 aliphatic heterocycles. The van der Waals surface area contributed by atoms with E-state index in [2.05, 4.69) is 4.98 Å². The van der Waals surface area contributed by atoms with Crippen LogP contribution in [0.15, 0.2) is 18.2 Å². The van der Waals surface area contributed by atoms with Gasteiger partial charge in [0.15, 0.2) is 0 Å². The minimum absolute atomic E-state index is 0.322. The average molecular weight is 237 g/mol. The third-order valence-electron chi connectivity index (χ3n) is 2.87. The van der Waals surface area contributed by atoms with Crippen molar-refractivity contribution in [1.82, 2.24) is 4.98 Å². The maximum atomic E-state index is 13.2. The smallest absolute Gasteiger partial charge is 0.126 e. The lowest BCUT2D eigenvalue weighted by atomic mass is 10.1. The highest BCUT2D eigenvalue weighted by atomic mass is 35.5. The van der Waals surface area contributed by atoms with E-state index in [0.29, 0.717) is 27.5 Å². The number of hydrogen-bond donors (Lipinski definition) is 1. The predicted octanol–water partition coefficient (Wildman–Crippen LogP) is 3.49. The molecule has 1 aromatic heterocycles. The van der Waals surface area contributed by atoms with Crippen molar-refractivity contribution in [3.63, 3.8) is 0 Å². The van der Waals surface area contributed by atoms with Crippen LogP contribution in [0.2, 0.25) is 5.02 Å². The van der Waals surface area contributed by atoms with E-state index in [0.717, 1.165) is 18.5 Å². The lowest BCUT2D eigenvalue weighted by Gasteiger charge is -2.07. The summed E-state index contributed by atoms with van der Waals surface area (Å²) in [5.74, 6) is 0.117. The van der Waals surface area contributed by atoms with Crippen LogP contribution >= 0.6 is 11.6 Å². The van der Waals surface area contributed by atoms with Crippen LogP contribution in [-0.4, -0.2) is 4.98 Å². The Morgan fingerprint density at radius 3 is 2.75 bits per heavy atom. The van der Waals surface area contributed by atoms with Crippen LogP contribution in [0.3, 0.4) is 0 Å². The van der Waals surface area contributed by atoms with Gasteiger partial charge in [0.25, 0.3) is 0 Å². The zero-order valence-corrected chi connectivity index (χ0v) is 9.26. The van der Waals surface area contributed by atoms with Crippen molar-refractivity contribution in [3.8, 4) is 0 Å². The number of anilines is 1. The van der Waals surface area contributed by atoms with Crippen LogP contribution in [0.5, 0.6) is 0 Å². The van der Waals surface area contributed by atoms with Gasteiger partial charge < -0.3 is 5.73 Å². The first-order valence-corrected chi connectivity index (χ1v) is 5.58. The SMILES string of the molecule is Nc1cc(C2CC2)nc2cc(F)cc(Cl)c12. The van der Waals surface area contributed by atoms with Gasteiger partial charge in [-0.2, -0.15) is 0 Å². The number of benzene rings is 1. The standard InChI is InChI=1S/C12H10ClFN2/c13-8-3-7(14)4-11-12(8)9(15)5-10(16-11)6-1-2-6/h3-6H,1-2H2,(H2,15,16). The van der Waals surface area contributed by atoms with Crippen LogP contribution < -0.4 is 5.73 Å². The van der Waals surface area contributed by atoms with E-state index >= 15 is 0 Å². The lowest BCUT2D eigenvalue weighted by Crippen LogP contribution is -1.95. The molecule has 1 fully saturated rings. The van der Waals surface area contributed by atoms with Crippen molar-refractivity contribution in [1.29, 1.82) is 0 Å². The van der Waals surface area contributed by atoms with E-state index in [1.54, 1.807) is 0 Å². The minimum atomic E-state index is -0.377. The highest BCUT2D eigenvalue weighted by Crippen LogP contribution is 2.41. The van der Waals surface area contributed by atoms with Crippen molar-refractivity contribution < 1.29 is 4.39 Å². The molecule has 0 unspecified atom stereocenters. The number of halogens is 2. The molecule has 0 spiro atoms. The number of nitrogens with zero attached hydrogens (tertiary/aromatic N) is 1. The van der Waals surface area contributed by atoms with Crippen LogP contribution in [0.4, 0.5) is 10.1 Å². The summed E-state index contributed by atoms with van der Waals surface area (Å²) in [5.41, 5.74) is 8.01. The fourth-order valence-electron chi connectivity index (χ4n) is 1.93. The Kier molecular flexibility index (Phi) is 2.04. The van der Waals surface area contributed by atoms with E-state index < -0.39 is 0 Å². The van der Waals surface area contributed by atoms with Crippen LogP contribution in [0, 0.1) is 5.82 Å². The Morgan fingerprint density at radius 2 is 2.06 bits per heavy atom. The Morgan fingerprint density at radius 1 is 1.31 bits per heavy atom. The molecule has 0 bridgehead atoms. The molecule has 16 heavy (non-hydrogen) atoms. The van der Waals surface area contributed by atoms with Gasteiger partial charge in [0, 0.05) is 28.8 Å². The molecule has 0 radical (unpaired) electrons. The maximum Gasteiger partial charge on any atom is 0.126 e. The first-order chi connectivity index (χ1) is 7.65. The predicted molar refractivity (Wildman–Crippen MR) is 63.1 cm³/mol. The summed E-state index contributed by atoms with van der Waals surface area (Å²) in [6, 6.07) is 4.49. The second kappa shape index (κ2) is 3.32. The minimum Gasteiger partial charge on any atom is -0.398 e. The van der Waals surface area contributed by atoms with Crippen molar-refractivity contribution >= 4 is 28.2 Å². The quantitative estimate of drug-likeness (QED) is 0.823. The van der Waals surface area contributed by atoms with E-state index in [4.69, 9.17) is 17.3 Å². The molecular formula is C12H10ClFN2. The van der Waals surface area contributed by atoms with E-state index in [1.165, 1.54) is 12.1 Å². The van der Waals surface area contributed by atoms with Crippen molar-refractivity contribution in [2.45, 2.75) is 18.8 Å². The van der Waals surface area contributed by atoms with Gasteiger partial charge >= 0.3 is 0 Å². The summed E-state index contributed by atoms with van der Waals surface area (Å²) in [6.07, 6.45) is 2.28. The number of aromatic nitrogens is 1. The topological polar surface area (TPSA) is 38.9 Å². The Bertz CT molecular complexity index is 579. The number of nitrogens with two attached hydrogens (primary N) is 1. The molecule has 0 amide bonds. The largest absolute Gasteiger partial charge is 0.398 e. The van der Waals surface area contributed by atoms with Crippen LogP contribution in [0.1, 0.15) is 24.5 Å². The molecule has 82 valence electrons. The number of pyridine rings is 1. The third kappa shape index (κ3) is 1.52. The molecule has 1 heterocycles. The first kappa shape index (κ1) is 9.85. The van der Waals surface area contributed by atoms with Gasteiger partial charge in [-0.15, -0.1) is 0 Å². The van der Waals surface area contributed by atoms with Gasteiger partial charge in [-0.25, -0.2) is 4.39 Å². The van der Waals surface area contributed by atoms with Crippen molar-refractivity contribution in [2.24, 2.45) is 0 Å². The molecule has 0 saturated heterocycles. The maximum absolute atomic E-state index is 13.2. The highest BCUT2D eigenvalue weighted by Gasteiger charge is 2.26. The summed E-state index contributed by atoms with van der Waals surface area (Å²) >= 11 is 5.96. The van der Waals surface area contributed by atoms with E-state index in [1.807, 2.05) is 6.07 Å². The summed E-state index contributed by atoms with van der Waals surface area (Å²) in [6.45, 7) is 0. The lowest BCUT2D eigenvalue weighted by molar-refractivity contribution is 0.629. The van der Waals surface area contributed by atoms with Crippen LogP contribution in [-0.2, 0) is 0 Å². The molecule has 2 N–H and O–H groups in total. The Labute approximate surface area is 97.2 Å². The molecule has 2 nitrogen and oxygen atoms in total. The molecule has 1 aliphatic carbocycles. The number of hydrogen-bond acceptors (Lipinski definition) is 2. The Balaban J connectivity index is 2.32. The summed E-state index contributed by atoms with van der Waals surface area (Å²) in [4.78, 5) is 4.42. The fraction of sp³-hybridized carbons (Fsp3) is 0.250. The van der Waals surface area contributed by atoms with Gasteiger partial charge in [-0.3, -0.25) is 4.98 Å². The molecule has 3 rings (SSSR count). The molecule has 2 aromatic rings. The number of rotatable bonds is 1. The summed E-state index contributed by atoms with van der Waals surface area (Å²) in [5, 5.41) is 0.967. The van der Waals surface area contributed by atoms with Gasteiger partial charge in [0.2, 0.25) is 0 Å². The molecule has 1 aromatic carbocycles. The zero-order valence-electron chi connectivity index (χ0n) is 8.50. The normalized spacial score (nSPS) is 15.6. The average Bonchev–Trinajstić information content (AvgIpc) is 2.97. The van der Waals surface area contributed by atoms with Crippen molar-refractivity contribution in [2.75, 3.05) is 5.73 Å². The monoisotopic (exact) mass is 236 g/mol. The second-order valence-corrected chi connectivity index (χ2v) is 4.60. The second-order valence-electron chi connectivity index (χ2n) is 4.19. The van der Waals surface area contributed by atoms with Gasteiger partial charge in [-0.1, -0.05) is 11.6 Å². The van der Waals surface area contributed by atoms with Crippen molar-refractivity contribution in [3.05, 3.63) is 34.7 Å². The summed E-state index contributed by atoms with van der Waals surface area (Å²) in [7, 11) is 0. The van der Waals surface area contributed by atoms with Crippen LogP contribution in [0.25, 0.3) is 10.9 Å². The molecule has 1 aliphatic rings. The van der Waals surface area contributed by atoms with E-state index in [-0.39, 0.29) is 5.82 Å². The van der Waals surface area contributed by atoms with Gasteiger partial charge in [-0.05, 0) is 25.0 Å². The summed E-state index contributed by atoms with van der Waals surface area (Å²) < 4.78 is 13.2. The molecule has 1 saturated carbocycles. The third-order valence-corrected chi connectivity index (χ3v) is 3.17. The zero-order chi connectivity index (χ0) is 11.3. The highest BCUT2D eigenvalue weighted by molar-refractivity contribution is 6.36. The molecule has 0 atom stereocenters. The Hall–Kier alpha value is -1.35. The fourth-order valence-corrected chi connectivity index (χ4v) is 2.24. The molecular weight excluding hydrogens is 227 g/mol. The van der Waals surface area contributed by atoms with E-state index in [9.17, 15) is 4.39 Å². The van der Waals surface area contributed by atoms with Gasteiger partial charge in [0.05, 0.1) is 10.5 Å².